The molecule has 0 saturated carbocycles. The lowest BCUT2D eigenvalue weighted by Crippen LogP contribution is -2.30. The predicted molar refractivity (Wildman–Crippen MR) is 144 cm³/mol. The highest BCUT2D eigenvalue weighted by atomic mass is 16.5. The molecular formula is C30H28N4O3. The zero-order valence-electron chi connectivity index (χ0n) is 20.7. The summed E-state index contributed by atoms with van der Waals surface area (Å²) in [4.78, 5) is 20.4. The van der Waals surface area contributed by atoms with Crippen LogP contribution in [0.5, 0.6) is 5.75 Å². The van der Waals surface area contributed by atoms with Crippen molar-refractivity contribution in [3.63, 3.8) is 0 Å². The summed E-state index contributed by atoms with van der Waals surface area (Å²) in [6, 6.07) is 17.9. The Morgan fingerprint density at radius 3 is 2.78 bits per heavy atom. The monoisotopic (exact) mass is 492 g/mol. The molecule has 0 radical (unpaired) electrons. The van der Waals surface area contributed by atoms with E-state index in [2.05, 4.69) is 27.4 Å². The molecule has 0 saturated heterocycles. The van der Waals surface area contributed by atoms with Gasteiger partial charge in [0.25, 0.3) is 0 Å². The molecule has 37 heavy (non-hydrogen) atoms. The zero-order chi connectivity index (χ0) is 25.5. The van der Waals surface area contributed by atoms with Crippen LogP contribution in [0.1, 0.15) is 34.1 Å². The second-order valence-electron chi connectivity index (χ2n) is 9.66. The highest BCUT2D eigenvalue weighted by Crippen LogP contribution is 2.40. The summed E-state index contributed by atoms with van der Waals surface area (Å²) in [5.41, 5.74) is 13.3. The van der Waals surface area contributed by atoms with Crippen molar-refractivity contribution in [1.82, 2.24) is 9.97 Å². The number of nitrogens with one attached hydrogen (secondary N) is 2. The first-order valence-electron chi connectivity index (χ1n) is 12.4. The van der Waals surface area contributed by atoms with E-state index in [0.717, 1.165) is 39.2 Å². The number of amides is 1. The Morgan fingerprint density at radius 2 is 1.95 bits per heavy atom. The minimum absolute atomic E-state index is 0.0831. The van der Waals surface area contributed by atoms with E-state index in [-0.39, 0.29) is 11.9 Å². The molecule has 1 amide bonds. The van der Waals surface area contributed by atoms with Crippen LogP contribution in [0, 0.1) is 13.8 Å². The average Bonchev–Trinajstić information content (AvgIpc) is 3.56. The molecule has 0 spiro atoms. The number of anilines is 1. The SMILES string of the molecule is Cc1cc(C2C(=O)Nc3ccc(-c4cncc(OC[C@@H](N)Cc5c[nH]c6ccccc56)c4)cc32)oc1C. The number of nitrogens with zero attached hydrogens (tertiary/aromatic N) is 1. The summed E-state index contributed by atoms with van der Waals surface area (Å²) in [7, 11) is 0. The fourth-order valence-electron chi connectivity index (χ4n) is 4.97. The first-order chi connectivity index (χ1) is 18.0. The maximum absolute atomic E-state index is 12.8. The molecule has 1 aliphatic rings. The van der Waals surface area contributed by atoms with Gasteiger partial charge in [0.15, 0.2) is 0 Å². The van der Waals surface area contributed by atoms with Crippen LogP contribution >= 0.6 is 0 Å². The van der Waals surface area contributed by atoms with Gasteiger partial charge in [-0.3, -0.25) is 9.78 Å². The minimum Gasteiger partial charge on any atom is -0.490 e. The molecule has 6 rings (SSSR count). The number of aromatic nitrogens is 2. The number of pyridine rings is 1. The molecule has 5 aromatic rings. The Labute approximate surface area is 214 Å². The van der Waals surface area contributed by atoms with Crippen molar-refractivity contribution in [2.45, 2.75) is 32.2 Å². The Kier molecular flexibility index (Phi) is 5.77. The van der Waals surface area contributed by atoms with Gasteiger partial charge in [-0.05, 0) is 72.9 Å². The number of rotatable bonds is 7. The third-order valence-corrected chi connectivity index (χ3v) is 7.02. The van der Waals surface area contributed by atoms with Crippen LogP contribution < -0.4 is 15.8 Å². The summed E-state index contributed by atoms with van der Waals surface area (Å²) in [5.74, 6) is 1.57. The van der Waals surface area contributed by atoms with Crippen molar-refractivity contribution in [3.8, 4) is 16.9 Å². The zero-order valence-corrected chi connectivity index (χ0v) is 20.7. The van der Waals surface area contributed by atoms with Crippen molar-refractivity contribution in [1.29, 1.82) is 0 Å². The maximum atomic E-state index is 12.8. The third kappa shape index (κ3) is 4.38. The van der Waals surface area contributed by atoms with Crippen LogP contribution in [0.4, 0.5) is 5.69 Å². The molecule has 0 aliphatic carbocycles. The molecule has 1 unspecified atom stereocenters. The van der Waals surface area contributed by atoms with Crippen LogP contribution in [0.15, 0.2) is 77.6 Å². The van der Waals surface area contributed by atoms with Crippen molar-refractivity contribution in [2.75, 3.05) is 11.9 Å². The number of fused-ring (bicyclic) bond motifs is 2. The Morgan fingerprint density at radius 1 is 1.08 bits per heavy atom. The summed E-state index contributed by atoms with van der Waals surface area (Å²) < 4.78 is 11.9. The molecule has 4 N–H and O–H groups in total. The summed E-state index contributed by atoms with van der Waals surface area (Å²) in [6.45, 7) is 4.26. The number of aromatic amines is 1. The van der Waals surface area contributed by atoms with Crippen LogP contribution in [-0.4, -0.2) is 28.5 Å². The standard InChI is InChI=1S/C30H28N4O3/c1-17-9-28(37-18(17)2)29-25-12-19(7-8-27(25)34-30(29)35)20-11-23(15-32-13-20)36-16-22(31)10-21-14-33-26-6-4-3-5-24(21)26/h3-9,11-15,22,29,33H,10,16,31H2,1-2H3,(H,34,35)/t22-,29?/m0/s1. The molecule has 4 heterocycles. The number of furan rings is 1. The molecule has 0 bridgehead atoms. The normalized spacial score (nSPS) is 15.5. The third-order valence-electron chi connectivity index (χ3n) is 7.02. The van der Waals surface area contributed by atoms with E-state index in [9.17, 15) is 4.79 Å². The summed E-state index contributed by atoms with van der Waals surface area (Å²) >= 11 is 0. The number of benzene rings is 2. The van der Waals surface area contributed by atoms with Gasteiger partial charge in [0.2, 0.25) is 5.91 Å². The molecular weight excluding hydrogens is 464 g/mol. The van der Waals surface area contributed by atoms with Gasteiger partial charge in [0, 0.05) is 40.6 Å². The number of H-pyrrole nitrogens is 1. The summed E-state index contributed by atoms with van der Waals surface area (Å²) in [5, 5.41) is 4.16. The van der Waals surface area contributed by atoms with Crippen LogP contribution in [0.2, 0.25) is 0 Å². The highest BCUT2D eigenvalue weighted by Gasteiger charge is 2.35. The fraction of sp³-hybridized carbons (Fsp3) is 0.200. The Hall–Kier alpha value is -4.36. The maximum Gasteiger partial charge on any atom is 0.239 e. The van der Waals surface area contributed by atoms with Gasteiger partial charge >= 0.3 is 0 Å². The van der Waals surface area contributed by atoms with E-state index >= 15 is 0 Å². The lowest BCUT2D eigenvalue weighted by molar-refractivity contribution is -0.116. The van der Waals surface area contributed by atoms with E-state index < -0.39 is 5.92 Å². The van der Waals surface area contributed by atoms with E-state index in [4.69, 9.17) is 14.9 Å². The number of ether oxygens (including phenoxy) is 1. The summed E-state index contributed by atoms with van der Waals surface area (Å²) in [6.07, 6.45) is 6.20. The van der Waals surface area contributed by atoms with Gasteiger partial charge < -0.3 is 25.2 Å². The lowest BCUT2D eigenvalue weighted by Gasteiger charge is -2.14. The number of carbonyl (C=O) groups is 1. The molecule has 3 aromatic heterocycles. The van der Waals surface area contributed by atoms with Gasteiger partial charge in [-0.1, -0.05) is 24.3 Å². The number of hydrogen-bond donors (Lipinski definition) is 3. The molecule has 2 aromatic carbocycles. The molecule has 7 heteroatoms. The topological polar surface area (TPSA) is 106 Å². The molecule has 7 nitrogen and oxygen atoms in total. The number of aryl methyl sites for hydroxylation is 2. The van der Waals surface area contributed by atoms with Gasteiger partial charge in [-0.15, -0.1) is 0 Å². The molecule has 1 aliphatic heterocycles. The molecule has 186 valence electrons. The highest BCUT2D eigenvalue weighted by molar-refractivity contribution is 6.05. The Bertz CT molecular complexity index is 1600. The van der Waals surface area contributed by atoms with Crippen molar-refractivity contribution < 1.29 is 13.9 Å². The largest absolute Gasteiger partial charge is 0.490 e. The molecule has 0 fully saturated rings. The van der Waals surface area contributed by atoms with Gasteiger partial charge in [-0.2, -0.15) is 0 Å². The van der Waals surface area contributed by atoms with Crippen molar-refractivity contribution in [3.05, 3.63) is 101 Å². The lowest BCUT2D eigenvalue weighted by atomic mass is 9.94. The van der Waals surface area contributed by atoms with Gasteiger partial charge in [0.05, 0.1) is 6.20 Å². The van der Waals surface area contributed by atoms with Crippen LogP contribution in [-0.2, 0) is 11.2 Å². The van der Waals surface area contributed by atoms with E-state index in [0.29, 0.717) is 24.5 Å². The first-order valence-corrected chi connectivity index (χ1v) is 12.4. The van der Waals surface area contributed by atoms with E-state index in [1.54, 1.807) is 12.4 Å². The quantitative estimate of drug-likeness (QED) is 0.279. The fourth-order valence-corrected chi connectivity index (χ4v) is 4.97. The molecule has 2 atom stereocenters. The average molecular weight is 493 g/mol. The number of hydrogen-bond acceptors (Lipinski definition) is 5. The van der Waals surface area contributed by atoms with Crippen molar-refractivity contribution >= 4 is 22.5 Å². The van der Waals surface area contributed by atoms with Gasteiger partial charge in [0.1, 0.15) is 29.8 Å². The van der Waals surface area contributed by atoms with Crippen LogP contribution in [0.3, 0.4) is 0 Å². The first kappa shape index (κ1) is 23.1. The number of nitrogens with two attached hydrogens (primary N) is 1. The number of para-hydroxylation sites is 1. The van der Waals surface area contributed by atoms with E-state index in [1.807, 2.05) is 62.5 Å². The predicted octanol–water partition coefficient (Wildman–Crippen LogP) is 5.47. The minimum atomic E-state index is -0.475. The number of carbonyl (C=O) groups excluding carboxylic acids is 1. The second-order valence-corrected chi connectivity index (χ2v) is 9.66. The smallest absolute Gasteiger partial charge is 0.239 e. The van der Waals surface area contributed by atoms with Gasteiger partial charge in [-0.25, -0.2) is 0 Å². The second kappa shape index (κ2) is 9.26. The van der Waals surface area contributed by atoms with Crippen LogP contribution in [0.25, 0.3) is 22.0 Å². The van der Waals surface area contributed by atoms with Crippen molar-refractivity contribution in [2.24, 2.45) is 5.73 Å². The van der Waals surface area contributed by atoms with E-state index in [1.165, 1.54) is 10.9 Å². The Balaban J connectivity index is 1.19.